The van der Waals surface area contributed by atoms with Crippen molar-refractivity contribution in [2.24, 2.45) is 12.8 Å². The SMILES string of the molecule is CCn1c(N(C)CC(C)N)nc2c1c(=O)n(Cc1cc3ccccc3c(C#N)n1)c(=O)n2C. The highest BCUT2D eigenvalue weighted by Crippen LogP contribution is 2.20. The van der Waals surface area contributed by atoms with Crippen LogP contribution in [0.3, 0.4) is 0 Å². The smallest absolute Gasteiger partial charge is 0.332 e. The third-order valence-electron chi connectivity index (χ3n) is 5.65. The van der Waals surface area contributed by atoms with Crippen molar-refractivity contribution in [1.29, 1.82) is 5.26 Å². The summed E-state index contributed by atoms with van der Waals surface area (Å²) in [5, 5.41) is 11.1. The van der Waals surface area contributed by atoms with E-state index in [4.69, 9.17) is 5.73 Å². The van der Waals surface area contributed by atoms with Crippen LogP contribution in [-0.2, 0) is 20.1 Å². The zero-order chi connectivity index (χ0) is 23.9. The highest BCUT2D eigenvalue weighted by Gasteiger charge is 2.22. The minimum absolute atomic E-state index is 0.0547. The normalized spacial score (nSPS) is 12.2. The first kappa shape index (κ1) is 22.2. The number of hydrogen-bond donors (Lipinski definition) is 1. The molecule has 1 unspecified atom stereocenters. The van der Waals surface area contributed by atoms with Crippen LogP contribution >= 0.6 is 0 Å². The summed E-state index contributed by atoms with van der Waals surface area (Å²) >= 11 is 0. The molecule has 0 aliphatic heterocycles. The Balaban J connectivity index is 1.91. The molecular formula is C23H26N8O2. The molecule has 3 aromatic heterocycles. The van der Waals surface area contributed by atoms with Gasteiger partial charge in [-0.15, -0.1) is 0 Å². The van der Waals surface area contributed by atoms with E-state index >= 15 is 0 Å². The molecule has 0 fully saturated rings. The first-order chi connectivity index (χ1) is 15.8. The highest BCUT2D eigenvalue weighted by atomic mass is 16.2. The molecule has 1 atom stereocenters. The monoisotopic (exact) mass is 446 g/mol. The number of fused-ring (bicyclic) bond motifs is 2. The summed E-state index contributed by atoms with van der Waals surface area (Å²) in [6.45, 7) is 4.80. The van der Waals surface area contributed by atoms with Gasteiger partial charge >= 0.3 is 5.69 Å². The van der Waals surface area contributed by atoms with Gasteiger partial charge in [0, 0.05) is 38.6 Å². The molecule has 0 saturated carbocycles. The summed E-state index contributed by atoms with van der Waals surface area (Å²) in [5.41, 5.74) is 6.37. The lowest BCUT2D eigenvalue weighted by molar-refractivity contribution is 0.642. The molecule has 1 aromatic carbocycles. The third kappa shape index (κ3) is 3.76. The van der Waals surface area contributed by atoms with E-state index in [1.54, 1.807) is 17.7 Å². The topological polar surface area (TPSA) is 128 Å². The van der Waals surface area contributed by atoms with E-state index in [2.05, 4.69) is 16.0 Å². The number of nitrogens with two attached hydrogens (primary N) is 1. The average Bonchev–Trinajstić information content (AvgIpc) is 3.19. The van der Waals surface area contributed by atoms with Crippen LogP contribution in [0.2, 0.25) is 0 Å². The molecule has 3 heterocycles. The number of likely N-dealkylation sites (N-methyl/N-ethyl adjacent to an activating group) is 1. The molecule has 4 rings (SSSR count). The van der Waals surface area contributed by atoms with Gasteiger partial charge in [0.2, 0.25) is 5.95 Å². The standard InChI is InChI=1S/C23H26N8O2/c1-5-30-19-20(27-22(30)28(3)12-14(2)25)29(4)23(33)31(21(19)32)13-16-10-15-8-6-7-9-17(15)18(11-24)26-16/h6-10,14H,5,12-13,25H2,1-4H3. The zero-order valence-corrected chi connectivity index (χ0v) is 19.1. The third-order valence-corrected chi connectivity index (χ3v) is 5.65. The molecule has 0 bridgehead atoms. The first-order valence-corrected chi connectivity index (χ1v) is 10.7. The number of aryl methyl sites for hydroxylation is 2. The van der Waals surface area contributed by atoms with Gasteiger partial charge in [0.05, 0.1) is 12.2 Å². The molecule has 170 valence electrons. The van der Waals surface area contributed by atoms with E-state index < -0.39 is 11.2 Å². The van der Waals surface area contributed by atoms with Crippen LogP contribution in [0, 0.1) is 11.3 Å². The predicted octanol–water partition coefficient (Wildman–Crippen LogP) is 1.17. The van der Waals surface area contributed by atoms with E-state index in [0.717, 1.165) is 15.3 Å². The lowest BCUT2D eigenvalue weighted by atomic mass is 10.1. The van der Waals surface area contributed by atoms with E-state index in [1.807, 2.05) is 50.1 Å². The summed E-state index contributed by atoms with van der Waals surface area (Å²) < 4.78 is 4.31. The molecule has 0 spiro atoms. The fourth-order valence-corrected chi connectivity index (χ4v) is 4.19. The van der Waals surface area contributed by atoms with Crippen LogP contribution in [0.4, 0.5) is 5.95 Å². The Kier molecular flexibility index (Phi) is 5.74. The van der Waals surface area contributed by atoms with Gasteiger partial charge in [-0.05, 0) is 25.3 Å². The molecule has 2 N–H and O–H groups in total. The highest BCUT2D eigenvalue weighted by molar-refractivity contribution is 5.86. The number of aromatic nitrogens is 5. The van der Waals surface area contributed by atoms with Crippen LogP contribution in [0.1, 0.15) is 25.2 Å². The second-order valence-corrected chi connectivity index (χ2v) is 8.21. The van der Waals surface area contributed by atoms with Gasteiger partial charge in [-0.1, -0.05) is 24.3 Å². The van der Waals surface area contributed by atoms with Crippen molar-refractivity contribution in [1.82, 2.24) is 23.7 Å². The van der Waals surface area contributed by atoms with Gasteiger partial charge in [0.1, 0.15) is 11.8 Å². The predicted molar refractivity (Wildman–Crippen MR) is 127 cm³/mol. The second kappa shape index (κ2) is 8.52. The maximum absolute atomic E-state index is 13.5. The minimum atomic E-state index is -0.497. The van der Waals surface area contributed by atoms with Gasteiger partial charge in [-0.2, -0.15) is 10.2 Å². The molecule has 0 saturated heterocycles. The van der Waals surface area contributed by atoms with Gasteiger partial charge in [-0.3, -0.25) is 13.9 Å². The summed E-state index contributed by atoms with van der Waals surface area (Å²) in [7, 11) is 3.45. The molecule has 0 radical (unpaired) electrons. The van der Waals surface area contributed by atoms with Crippen molar-refractivity contribution >= 4 is 27.9 Å². The molecule has 10 heteroatoms. The van der Waals surface area contributed by atoms with E-state index in [1.165, 1.54) is 4.57 Å². The van der Waals surface area contributed by atoms with Crippen LogP contribution < -0.4 is 21.9 Å². The van der Waals surface area contributed by atoms with Crippen molar-refractivity contribution in [2.75, 3.05) is 18.5 Å². The maximum Gasteiger partial charge on any atom is 0.332 e. The Labute approximate surface area is 190 Å². The Morgan fingerprint density at radius 2 is 1.94 bits per heavy atom. The summed E-state index contributed by atoms with van der Waals surface area (Å²) in [4.78, 5) is 37.5. The van der Waals surface area contributed by atoms with Crippen molar-refractivity contribution in [3.63, 3.8) is 0 Å². The Bertz CT molecular complexity index is 1520. The number of nitrogens with zero attached hydrogens (tertiary/aromatic N) is 7. The zero-order valence-electron chi connectivity index (χ0n) is 19.1. The number of rotatable bonds is 6. The lowest BCUT2D eigenvalue weighted by Gasteiger charge is -2.20. The van der Waals surface area contributed by atoms with Crippen LogP contribution in [0.5, 0.6) is 0 Å². The van der Waals surface area contributed by atoms with Crippen molar-refractivity contribution in [3.05, 3.63) is 62.6 Å². The molecule has 10 nitrogen and oxygen atoms in total. The van der Waals surface area contributed by atoms with E-state index in [9.17, 15) is 14.9 Å². The summed E-state index contributed by atoms with van der Waals surface area (Å²) in [6, 6.07) is 11.2. The van der Waals surface area contributed by atoms with Crippen LogP contribution in [0.25, 0.3) is 21.9 Å². The average molecular weight is 447 g/mol. The van der Waals surface area contributed by atoms with Crippen LogP contribution in [0.15, 0.2) is 39.9 Å². The number of anilines is 1. The molecule has 4 aromatic rings. The second-order valence-electron chi connectivity index (χ2n) is 8.21. The molecule has 33 heavy (non-hydrogen) atoms. The van der Waals surface area contributed by atoms with Gasteiger partial charge in [0.25, 0.3) is 5.56 Å². The number of hydrogen-bond acceptors (Lipinski definition) is 7. The van der Waals surface area contributed by atoms with Crippen molar-refractivity contribution in [2.45, 2.75) is 33.0 Å². The van der Waals surface area contributed by atoms with E-state index in [-0.39, 0.29) is 18.3 Å². The summed E-state index contributed by atoms with van der Waals surface area (Å²) in [5.74, 6) is 0.574. The number of benzene rings is 1. The molecule has 0 aliphatic carbocycles. The fraction of sp³-hybridized carbons (Fsp3) is 0.348. The van der Waals surface area contributed by atoms with Crippen LogP contribution in [-0.4, -0.2) is 43.3 Å². The fourth-order valence-electron chi connectivity index (χ4n) is 4.19. The Morgan fingerprint density at radius 3 is 2.61 bits per heavy atom. The Morgan fingerprint density at radius 1 is 1.21 bits per heavy atom. The molecule has 0 aliphatic rings. The van der Waals surface area contributed by atoms with Gasteiger partial charge in [-0.25, -0.2) is 9.78 Å². The first-order valence-electron chi connectivity index (χ1n) is 10.7. The number of imidazole rings is 1. The lowest BCUT2D eigenvalue weighted by Crippen LogP contribution is -2.40. The molecular weight excluding hydrogens is 420 g/mol. The van der Waals surface area contributed by atoms with Crippen molar-refractivity contribution in [3.8, 4) is 6.07 Å². The number of pyridine rings is 1. The largest absolute Gasteiger partial charge is 0.344 e. The quantitative estimate of drug-likeness (QED) is 0.471. The maximum atomic E-state index is 13.5. The molecule has 0 amide bonds. The Hall–Kier alpha value is -3.97. The van der Waals surface area contributed by atoms with Gasteiger partial charge < -0.3 is 15.2 Å². The van der Waals surface area contributed by atoms with Crippen molar-refractivity contribution < 1.29 is 0 Å². The van der Waals surface area contributed by atoms with E-state index in [0.29, 0.717) is 35.9 Å². The summed E-state index contributed by atoms with van der Waals surface area (Å²) in [6.07, 6.45) is 0. The van der Waals surface area contributed by atoms with Gasteiger partial charge in [0.15, 0.2) is 11.2 Å². The minimum Gasteiger partial charge on any atom is -0.344 e. The number of nitriles is 1.